The van der Waals surface area contributed by atoms with Gasteiger partial charge in [-0.3, -0.25) is 0 Å². The van der Waals surface area contributed by atoms with E-state index < -0.39 is 0 Å². The molecule has 1 atom stereocenters. The van der Waals surface area contributed by atoms with Crippen molar-refractivity contribution in [2.75, 3.05) is 13.6 Å². The van der Waals surface area contributed by atoms with Crippen molar-refractivity contribution in [1.82, 2.24) is 5.32 Å². The van der Waals surface area contributed by atoms with Crippen LogP contribution in [0.3, 0.4) is 0 Å². The molecule has 0 saturated carbocycles. The van der Waals surface area contributed by atoms with Crippen LogP contribution in [0.5, 0.6) is 0 Å². The molecule has 0 aromatic carbocycles. The van der Waals surface area contributed by atoms with Crippen LogP contribution in [0.4, 0.5) is 0 Å². The van der Waals surface area contributed by atoms with Crippen LogP contribution in [0.1, 0.15) is 34.1 Å². The van der Waals surface area contributed by atoms with Gasteiger partial charge in [-0.2, -0.15) is 0 Å². The molecule has 1 heteroatoms. The number of hydrogen-bond donors (Lipinski definition) is 1. The molecule has 0 rings (SSSR count). The Labute approximate surface area is 59.8 Å². The van der Waals surface area contributed by atoms with Gasteiger partial charge in [-0.1, -0.05) is 34.1 Å². The van der Waals surface area contributed by atoms with Crippen molar-refractivity contribution < 1.29 is 0 Å². The van der Waals surface area contributed by atoms with E-state index in [0.717, 1.165) is 12.5 Å². The van der Waals surface area contributed by atoms with E-state index in [2.05, 4.69) is 19.2 Å². The third kappa shape index (κ3) is 11.5. The highest BCUT2D eigenvalue weighted by Crippen LogP contribution is 1.95. The molecule has 9 heavy (non-hydrogen) atoms. The lowest BCUT2D eigenvalue weighted by Crippen LogP contribution is -2.14. The first-order valence-corrected chi connectivity index (χ1v) is 3.95. The molecule has 0 amide bonds. The molecule has 0 bridgehead atoms. The molecule has 0 saturated heterocycles. The van der Waals surface area contributed by atoms with Crippen LogP contribution in [0, 0.1) is 5.92 Å². The standard InChI is InChI=1S/C6H15N.C2H6/c1-4-6(2)5-7-3;1-2/h6-7H,4-5H2,1-3H3;1-2H3. The minimum absolute atomic E-state index is 0.838. The Kier molecular flexibility index (Phi) is 14.1. The lowest BCUT2D eigenvalue weighted by Gasteiger charge is -2.04. The summed E-state index contributed by atoms with van der Waals surface area (Å²) in [7, 11) is 1.99. The molecular formula is C8H21N. The van der Waals surface area contributed by atoms with Crippen LogP contribution < -0.4 is 5.32 Å². The van der Waals surface area contributed by atoms with E-state index in [4.69, 9.17) is 0 Å². The van der Waals surface area contributed by atoms with Crippen LogP contribution in [-0.2, 0) is 0 Å². The summed E-state index contributed by atoms with van der Waals surface area (Å²) in [6.07, 6.45) is 1.28. The maximum absolute atomic E-state index is 3.12. The summed E-state index contributed by atoms with van der Waals surface area (Å²) in [4.78, 5) is 0. The SMILES string of the molecule is CC.CCC(C)CNC. The van der Waals surface area contributed by atoms with Gasteiger partial charge in [0.25, 0.3) is 0 Å². The van der Waals surface area contributed by atoms with E-state index in [1.54, 1.807) is 0 Å². The Morgan fingerprint density at radius 2 is 1.78 bits per heavy atom. The summed E-state index contributed by atoms with van der Waals surface area (Å²) in [5.74, 6) is 0.838. The highest BCUT2D eigenvalue weighted by molar-refractivity contribution is 4.49. The van der Waals surface area contributed by atoms with Gasteiger partial charge < -0.3 is 5.32 Å². The van der Waals surface area contributed by atoms with Crippen molar-refractivity contribution in [3.63, 3.8) is 0 Å². The van der Waals surface area contributed by atoms with Crippen LogP contribution >= 0.6 is 0 Å². The first-order chi connectivity index (χ1) is 4.31. The van der Waals surface area contributed by atoms with Crippen molar-refractivity contribution in [2.45, 2.75) is 34.1 Å². The van der Waals surface area contributed by atoms with E-state index in [-0.39, 0.29) is 0 Å². The molecule has 1 nitrogen and oxygen atoms in total. The normalized spacial score (nSPS) is 11.7. The lowest BCUT2D eigenvalue weighted by atomic mass is 10.1. The molecule has 0 aliphatic heterocycles. The van der Waals surface area contributed by atoms with Gasteiger partial charge in [-0.05, 0) is 19.5 Å². The minimum atomic E-state index is 0.838. The predicted molar refractivity (Wildman–Crippen MR) is 44.7 cm³/mol. The summed E-state index contributed by atoms with van der Waals surface area (Å²) >= 11 is 0. The average Bonchev–Trinajstić information content (AvgIpc) is 1.93. The molecule has 0 aliphatic rings. The fourth-order valence-electron chi connectivity index (χ4n) is 0.493. The van der Waals surface area contributed by atoms with Gasteiger partial charge >= 0.3 is 0 Å². The van der Waals surface area contributed by atoms with Crippen LogP contribution in [0.2, 0.25) is 0 Å². The summed E-state index contributed by atoms with van der Waals surface area (Å²) in [5.41, 5.74) is 0. The maximum Gasteiger partial charge on any atom is -0.00263 e. The molecule has 0 radical (unpaired) electrons. The zero-order valence-corrected chi connectivity index (χ0v) is 7.49. The Balaban J connectivity index is 0. The molecule has 0 spiro atoms. The topological polar surface area (TPSA) is 12.0 Å². The van der Waals surface area contributed by atoms with Crippen molar-refractivity contribution in [1.29, 1.82) is 0 Å². The fraction of sp³-hybridized carbons (Fsp3) is 1.00. The predicted octanol–water partition coefficient (Wildman–Crippen LogP) is 2.28. The Morgan fingerprint density at radius 3 is 1.89 bits per heavy atom. The molecule has 1 unspecified atom stereocenters. The van der Waals surface area contributed by atoms with Gasteiger partial charge in [-0.25, -0.2) is 0 Å². The van der Waals surface area contributed by atoms with Crippen molar-refractivity contribution in [2.24, 2.45) is 5.92 Å². The van der Waals surface area contributed by atoms with Crippen molar-refractivity contribution in [3.05, 3.63) is 0 Å². The maximum atomic E-state index is 3.12. The lowest BCUT2D eigenvalue weighted by molar-refractivity contribution is 0.528. The zero-order chi connectivity index (χ0) is 7.70. The Hall–Kier alpha value is -0.0400. The highest BCUT2D eigenvalue weighted by Gasteiger charge is 1.91. The zero-order valence-electron chi connectivity index (χ0n) is 7.49. The third-order valence-electron chi connectivity index (χ3n) is 1.25. The molecule has 58 valence electrons. The average molecular weight is 131 g/mol. The van der Waals surface area contributed by atoms with Gasteiger partial charge in [0, 0.05) is 0 Å². The third-order valence-corrected chi connectivity index (χ3v) is 1.25. The first kappa shape index (κ1) is 11.7. The second kappa shape index (κ2) is 10.9. The quantitative estimate of drug-likeness (QED) is 0.619. The molecule has 1 N–H and O–H groups in total. The summed E-state index contributed by atoms with van der Waals surface area (Å²) in [6, 6.07) is 0. The van der Waals surface area contributed by atoms with Gasteiger partial charge in [0.1, 0.15) is 0 Å². The second-order valence-electron chi connectivity index (χ2n) is 2.07. The summed E-state index contributed by atoms with van der Waals surface area (Å²) in [5, 5.41) is 3.12. The molecule has 0 aliphatic carbocycles. The highest BCUT2D eigenvalue weighted by atomic mass is 14.8. The minimum Gasteiger partial charge on any atom is -0.319 e. The molecule has 0 aromatic heterocycles. The number of rotatable bonds is 3. The molecular weight excluding hydrogens is 110 g/mol. The van der Waals surface area contributed by atoms with E-state index >= 15 is 0 Å². The molecule has 0 fully saturated rings. The Bertz CT molecular complexity index is 35.5. The van der Waals surface area contributed by atoms with Crippen LogP contribution in [0.25, 0.3) is 0 Å². The Morgan fingerprint density at radius 1 is 1.33 bits per heavy atom. The van der Waals surface area contributed by atoms with Crippen LogP contribution in [0.15, 0.2) is 0 Å². The van der Waals surface area contributed by atoms with E-state index in [0.29, 0.717) is 0 Å². The largest absolute Gasteiger partial charge is 0.319 e. The summed E-state index contributed by atoms with van der Waals surface area (Å²) < 4.78 is 0. The first-order valence-electron chi connectivity index (χ1n) is 3.95. The van der Waals surface area contributed by atoms with Crippen molar-refractivity contribution >= 4 is 0 Å². The van der Waals surface area contributed by atoms with E-state index in [9.17, 15) is 0 Å². The van der Waals surface area contributed by atoms with E-state index in [1.165, 1.54) is 6.42 Å². The van der Waals surface area contributed by atoms with Crippen LogP contribution in [-0.4, -0.2) is 13.6 Å². The van der Waals surface area contributed by atoms with Gasteiger partial charge in [0.2, 0.25) is 0 Å². The smallest absolute Gasteiger partial charge is 0.00263 e. The van der Waals surface area contributed by atoms with Gasteiger partial charge in [-0.15, -0.1) is 0 Å². The van der Waals surface area contributed by atoms with Gasteiger partial charge in [0.05, 0.1) is 0 Å². The molecule has 0 aromatic rings. The van der Waals surface area contributed by atoms with Crippen molar-refractivity contribution in [3.8, 4) is 0 Å². The fourth-order valence-corrected chi connectivity index (χ4v) is 0.493. The van der Waals surface area contributed by atoms with Gasteiger partial charge in [0.15, 0.2) is 0 Å². The van der Waals surface area contributed by atoms with E-state index in [1.807, 2.05) is 20.9 Å². The molecule has 0 heterocycles. The second-order valence-corrected chi connectivity index (χ2v) is 2.07. The number of hydrogen-bond acceptors (Lipinski definition) is 1. The number of nitrogens with one attached hydrogen (secondary N) is 1. The summed E-state index contributed by atoms with van der Waals surface area (Å²) in [6.45, 7) is 9.61. The monoisotopic (exact) mass is 131 g/mol.